The van der Waals surface area contributed by atoms with Gasteiger partial charge in [-0.1, -0.05) is 32.4 Å². The molecule has 0 aliphatic carbocycles. The number of hydrogen-bond acceptors (Lipinski definition) is 6. The average Bonchev–Trinajstić information content (AvgIpc) is 2.76. The maximum atomic E-state index is 12.7. The summed E-state index contributed by atoms with van der Waals surface area (Å²) in [5.74, 6) is 0.653. The number of rotatable bonds is 9. The highest BCUT2D eigenvalue weighted by molar-refractivity contribution is 5.79. The van der Waals surface area contributed by atoms with E-state index in [1.54, 1.807) is 25.1 Å². The summed E-state index contributed by atoms with van der Waals surface area (Å²) in [5, 5.41) is 0.364. The minimum Gasteiger partial charge on any atom is -0.479 e. The van der Waals surface area contributed by atoms with E-state index >= 15 is 0 Å². The van der Waals surface area contributed by atoms with Crippen molar-refractivity contribution in [2.75, 3.05) is 6.61 Å². The molecule has 0 bridgehead atoms. The van der Waals surface area contributed by atoms with Crippen molar-refractivity contribution in [1.82, 2.24) is 0 Å². The molecule has 1 aromatic heterocycles. The van der Waals surface area contributed by atoms with Crippen molar-refractivity contribution in [3.63, 3.8) is 0 Å². The molecular weight excluding hydrogens is 384 g/mol. The van der Waals surface area contributed by atoms with E-state index in [2.05, 4.69) is 6.92 Å². The minimum atomic E-state index is -0.764. The lowest BCUT2D eigenvalue weighted by Gasteiger charge is -2.14. The first kappa shape index (κ1) is 21.4. The van der Waals surface area contributed by atoms with E-state index in [1.807, 2.05) is 31.2 Å². The Balaban J connectivity index is 1.73. The number of hydrogen-bond donors (Lipinski definition) is 0. The monoisotopic (exact) mass is 410 g/mol. The van der Waals surface area contributed by atoms with Crippen molar-refractivity contribution in [3.8, 4) is 17.2 Å². The Bertz CT molecular complexity index is 1050. The second-order valence-electron chi connectivity index (χ2n) is 6.97. The molecule has 0 saturated heterocycles. The second-order valence-corrected chi connectivity index (χ2v) is 6.97. The fraction of sp³-hybridized carbons (Fsp3) is 0.333. The van der Waals surface area contributed by atoms with Gasteiger partial charge in [0.05, 0.1) is 12.0 Å². The molecule has 0 radical (unpaired) electrons. The topological polar surface area (TPSA) is 75.0 Å². The summed E-state index contributed by atoms with van der Waals surface area (Å²) in [6.07, 6.45) is 3.21. The Labute approximate surface area is 175 Å². The highest BCUT2D eigenvalue weighted by atomic mass is 16.6. The molecule has 0 saturated carbocycles. The highest BCUT2D eigenvalue weighted by Gasteiger charge is 2.17. The molecule has 3 rings (SSSR count). The van der Waals surface area contributed by atoms with Crippen LogP contribution in [0, 0.1) is 0 Å². The first-order valence-corrected chi connectivity index (χ1v) is 10.2. The SMILES string of the molecule is CCCCOC(=O)C(C)Oc1ccc2c(=O)c(Oc3ccc(CC)cc3)coc2c1. The second kappa shape index (κ2) is 9.96. The molecule has 6 nitrogen and oxygen atoms in total. The molecule has 2 aromatic carbocycles. The van der Waals surface area contributed by atoms with Gasteiger partial charge in [0.2, 0.25) is 11.2 Å². The zero-order valence-corrected chi connectivity index (χ0v) is 17.5. The number of carbonyl (C=O) groups excluding carboxylic acids is 1. The van der Waals surface area contributed by atoms with E-state index < -0.39 is 12.1 Å². The molecule has 0 N–H and O–H groups in total. The molecular formula is C24H26O6. The van der Waals surface area contributed by atoms with Crippen LogP contribution in [0.4, 0.5) is 0 Å². The van der Waals surface area contributed by atoms with Crippen LogP contribution in [0.2, 0.25) is 0 Å². The molecule has 1 heterocycles. The first-order valence-electron chi connectivity index (χ1n) is 10.2. The Morgan fingerprint density at radius 1 is 1.07 bits per heavy atom. The van der Waals surface area contributed by atoms with Crippen molar-refractivity contribution in [2.24, 2.45) is 0 Å². The molecule has 1 atom stereocenters. The minimum absolute atomic E-state index is 0.105. The highest BCUT2D eigenvalue weighted by Crippen LogP contribution is 2.25. The molecule has 158 valence electrons. The number of esters is 1. The van der Waals surface area contributed by atoms with Gasteiger partial charge in [0, 0.05) is 6.07 Å². The third-order valence-electron chi connectivity index (χ3n) is 4.66. The number of benzene rings is 2. The van der Waals surface area contributed by atoms with Gasteiger partial charge in [-0.05, 0) is 49.6 Å². The van der Waals surface area contributed by atoms with E-state index in [4.69, 9.17) is 18.6 Å². The average molecular weight is 410 g/mol. The van der Waals surface area contributed by atoms with Crippen LogP contribution in [0.3, 0.4) is 0 Å². The van der Waals surface area contributed by atoms with Gasteiger partial charge in [-0.3, -0.25) is 4.79 Å². The lowest BCUT2D eigenvalue weighted by molar-refractivity contribution is -0.151. The van der Waals surface area contributed by atoms with Crippen LogP contribution in [-0.2, 0) is 16.0 Å². The van der Waals surface area contributed by atoms with E-state index in [-0.39, 0.29) is 11.2 Å². The normalized spacial score (nSPS) is 11.8. The molecule has 0 fully saturated rings. The Kier molecular flexibility index (Phi) is 7.12. The summed E-state index contributed by atoms with van der Waals surface area (Å²) in [4.78, 5) is 24.7. The standard InChI is InChI=1S/C24H26O6/c1-4-6-13-27-24(26)16(3)29-19-11-12-20-21(14-19)28-15-22(23(20)25)30-18-9-7-17(5-2)8-10-18/h7-12,14-16H,4-6,13H2,1-3H3. The van der Waals surface area contributed by atoms with E-state index in [9.17, 15) is 9.59 Å². The number of carbonyl (C=O) groups is 1. The maximum absolute atomic E-state index is 12.7. The summed E-state index contributed by atoms with van der Waals surface area (Å²) in [6, 6.07) is 12.3. The summed E-state index contributed by atoms with van der Waals surface area (Å²) in [7, 11) is 0. The third kappa shape index (κ3) is 5.20. The smallest absolute Gasteiger partial charge is 0.347 e. The summed E-state index contributed by atoms with van der Waals surface area (Å²) in [6.45, 7) is 6.09. The lowest BCUT2D eigenvalue weighted by Crippen LogP contribution is -2.26. The van der Waals surface area contributed by atoms with Gasteiger partial charge >= 0.3 is 5.97 Å². The van der Waals surface area contributed by atoms with Crippen molar-refractivity contribution in [2.45, 2.75) is 46.1 Å². The molecule has 0 aliphatic rings. The Morgan fingerprint density at radius 3 is 2.50 bits per heavy atom. The molecule has 0 aliphatic heterocycles. The summed E-state index contributed by atoms with van der Waals surface area (Å²) >= 11 is 0. The lowest BCUT2D eigenvalue weighted by atomic mass is 10.2. The van der Waals surface area contributed by atoms with Crippen molar-refractivity contribution in [3.05, 3.63) is 64.5 Å². The van der Waals surface area contributed by atoms with Crippen LogP contribution < -0.4 is 14.9 Å². The van der Waals surface area contributed by atoms with E-state index in [1.165, 1.54) is 11.8 Å². The first-order chi connectivity index (χ1) is 14.5. The third-order valence-corrected chi connectivity index (χ3v) is 4.66. The molecule has 0 spiro atoms. The van der Waals surface area contributed by atoms with Crippen LogP contribution in [0.15, 0.2) is 57.9 Å². The fourth-order valence-electron chi connectivity index (χ4n) is 2.84. The molecule has 0 amide bonds. The van der Waals surface area contributed by atoms with Gasteiger partial charge < -0.3 is 18.6 Å². The van der Waals surface area contributed by atoms with Gasteiger partial charge in [-0.25, -0.2) is 4.79 Å². The van der Waals surface area contributed by atoms with Crippen LogP contribution in [0.5, 0.6) is 17.2 Å². The molecule has 1 unspecified atom stereocenters. The Hall–Kier alpha value is -3.28. The van der Waals surface area contributed by atoms with Gasteiger partial charge in [-0.2, -0.15) is 0 Å². The van der Waals surface area contributed by atoms with E-state index in [0.29, 0.717) is 29.1 Å². The quantitative estimate of drug-likeness (QED) is 0.354. The molecule has 6 heteroatoms. The number of ether oxygens (including phenoxy) is 3. The van der Waals surface area contributed by atoms with Crippen LogP contribution in [0.1, 0.15) is 39.2 Å². The number of aryl methyl sites for hydroxylation is 1. The largest absolute Gasteiger partial charge is 0.479 e. The number of unbranched alkanes of at least 4 members (excludes halogenated alkanes) is 1. The summed E-state index contributed by atoms with van der Waals surface area (Å²) in [5.41, 5.74) is 1.25. The van der Waals surface area contributed by atoms with Crippen molar-refractivity contribution >= 4 is 16.9 Å². The predicted molar refractivity (Wildman–Crippen MR) is 114 cm³/mol. The maximum Gasteiger partial charge on any atom is 0.347 e. The Morgan fingerprint density at radius 2 is 1.80 bits per heavy atom. The van der Waals surface area contributed by atoms with Crippen molar-refractivity contribution < 1.29 is 23.4 Å². The molecule has 3 aromatic rings. The zero-order valence-electron chi connectivity index (χ0n) is 17.5. The number of fused-ring (bicyclic) bond motifs is 1. The fourth-order valence-corrected chi connectivity index (χ4v) is 2.84. The zero-order chi connectivity index (χ0) is 21.5. The van der Waals surface area contributed by atoms with Gasteiger partial charge in [0.25, 0.3) is 0 Å². The predicted octanol–water partition coefficient (Wildman–Crippen LogP) is 5.26. The van der Waals surface area contributed by atoms with Crippen molar-refractivity contribution in [1.29, 1.82) is 0 Å². The molecule has 30 heavy (non-hydrogen) atoms. The van der Waals surface area contributed by atoms with Crippen LogP contribution in [0.25, 0.3) is 11.0 Å². The van der Waals surface area contributed by atoms with Gasteiger partial charge in [-0.15, -0.1) is 0 Å². The van der Waals surface area contributed by atoms with Crippen LogP contribution >= 0.6 is 0 Å². The summed E-state index contributed by atoms with van der Waals surface area (Å²) < 4.78 is 22.1. The van der Waals surface area contributed by atoms with Gasteiger partial charge in [0.1, 0.15) is 23.3 Å². The van der Waals surface area contributed by atoms with Gasteiger partial charge in [0.15, 0.2) is 6.10 Å². The van der Waals surface area contributed by atoms with E-state index in [0.717, 1.165) is 19.3 Å². The van der Waals surface area contributed by atoms with Crippen LogP contribution in [-0.4, -0.2) is 18.7 Å².